The summed E-state index contributed by atoms with van der Waals surface area (Å²) in [5.41, 5.74) is 1.26. The Labute approximate surface area is 251 Å². The molecule has 2 aromatic rings. The van der Waals surface area contributed by atoms with Crippen LogP contribution in [0, 0.1) is 0 Å². The molecule has 226 valence electrons. The van der Waals surface area contributed by atoms with Crippen molar-refractivity contribution < 1.29 is 28.6 Å². The molecule has 1 aliphatic rings. The third-order valence-electron chi connectivity index (χ3n) is 7.48. The van der Waals surface area contributed by atoms with Crippen LogP contribution >= 0.6 is 0 Å². The lowest BCUT2D eigenvalue weighted by Crippen LogP contribution is -2.43. The Hall–Kier alpha value is -3.51. The first-order valence-corrected chi connectivity index (χ1v) is 15.5. The lowest BCUT2D eigenvalue weighted by atomic mass is 9.89. The van der Waals surface area contributed by atoms with Crippen LogP contribution in [0.4, 0.5) is 0 Å². The average Bonchev–Trinajstić information content (AvgIpc) is 3.01. The minimum absolute atomic E-state index is 0.302. The van der Waals surface area contributed by atoms with Gasteiger partial charge in [-0.1, -0.05) is 101 Å². The zero-order valence-corrected chi connectivity index (χ0v) is 25.4. The van der Waals surface area contributed by atoms with Crippen molar-refractivity contribution in [2.24, 2.45) is 0 Å². The number of rotatable bonds is 18. The number of ether oxygens (including phenoxy) is 3. The number of benzene rings is 2. The molecule has 0 saturated heterocycles. The van der Waals surface area contributed by atoms with Gasteiger partial charge in [0.25, 0.3) is 0 Å². The van der Waals surface area contributed by atoms with Crippen molar-refractivity contribution in [2.45, 2.75) is 103 Å². The Morgan fingerprint density at radius 2 is 1.50 bits per heavy atom. The highest BCUT2D eigenvalue weighted by molar-refractivity contribution is 6.00. The molecule has 0 aliphatic heterocycles. The summed E-state index contributed by atoms with van der Waals surface area (Å²) < 4.78 is 17.3. The molecule has 0 aromatic heterocycles. The van der Waals surface area contributed by atoms with E-state index in [4.69, 9.17) is 14.2 Å². The minimum Gasteiger partial charge on any atom is -0.454 e. The summed E-state index contributed by atoms with van der Waals surface area (Å²) in [7, 11) is 0. The van der Waals surface area contributed by atoms with Gasteiger partial charge in [-0.05, 0) is 61.2 Å². The van der Waals surface area contributed by atoms with E-state index in [1.54, 1.807) is 31.2 Å². The molecule has 1 aliphatic carbocycles. The van der Waals surface area contributed by atoms with E-state index in [0.717, 1.165) is 49.7 Å². The van der Waals surface area contributed by atoms with E-state index in [1.165, 1.54) is 19.3 Å². The fourth-order valence-corrected chi connectivity index (χ4v) is 4.87. The summed E-state index contributed by atoms with van der Waals surface area (Å²) in [6, 6.07) is 16.4. The monoisotopic (exact) mass is 574 g/mol. The van der Waals surface area contributed by atoms with Crippen LogP contribution in [-0.2, 0) is 19.1 Å². The van der Waals surface area contributed by atoms with Gasteiger partial charge < -0.3 is 14.2 Å². The second-order valence-corrected chi connectivity index (χ2v) is 10.9. The van der Waals surface area contributed by atoms with Crippen LogP contribution in [0.3, 0.4) is 0 Å². The standard InChI is InChI=1S/C36H46O6/c1-4-6-8-9-10-15-27-40-36(25-23-30(24-26-36)29-16-13-11-14-17-29)35(39)42-32-21-19-31(20-22-32)34(38)28(3)41-33(37)18-12-7-5-2/h11,13-14,16-17,19-25,28H,4-10,12,15,18,26-27H2,1-3H3. The fourth-order valence-electron chi connectivity index (χ4n) is 4.87. The highest BCUT2D eigenvalue weighted by Gasteiger charge is 2.40. The number of carbonyl (C=O) groups excluding carboxylic acids is 3. The van der Waals surface area contributed by atoms with E-state index in [0.29, 0.717) is 30.8 Å². The Morgan fingerprint density at radius 3 is 2.17 bits per heavy atom. The van der Waals surface area contributed by atoms with E-state index in [9.17, 15) is 14.4 Å². The van der Waals surface area contributed by atoms with E-state index >= 15 is 0 Å². The summed E-state index contributed by atoms with van der Waals surface area (Å²) in [4.78, 5) is 38.4. The van der Waals surface area contributed by atoms with Gasteiger partial charge >= 0.3 is 11.9 Å². The molecule has 0 saturated carbocycles. The first kappa shape index (κ1) is 33.0. The largest absolute Gasteiger partial charge is 0.454 e. The molecule has 0 N–H and O–H groups in total. The van der Waals surface area contributed by atoms with Crippen LogP contribution in [0.1, 0.15) is 107 Å². The van der Waals surface area contributed by atoms with Crippen LogP contribution in [-0.4, -0.2) is 36.0 Å². The maximum atomic E-state index is 13.5. The van der Waals surface area contributed by atoms with E-state index in [-0.39, 0.29) is 11.8 Å². The molecule has 3 rings (SSSR count). The second kappa shape index (κ2) is 17.4. The lowest BCUT2D eigenvalue weighted by Gasteiger charge is -2.30. The van der Waals surface area contributed by atoms with Crippen molar-refractivity contribution in [3.8, 4) is 5.75 Å². The normalized spacial score (nSPS) is 16.9. The first-order valence-electron chi connectivity index (χ1n) is 15.5. The zero-order chi connectivity index (χ0) is 30.2. The molecule has 2 atom stereocenters. The Morgan fingerprint density at radius 1 is 0.833 bits per heavy atom. The quantitative estimate of drug-likeness (QED) is 0.0769. The van der Waals surface area contributed by atoms with Gasteiger partial charge in [0, 0.05) is 25.0 Å². The van der Waals surface area contributed by atoms with Crippen molar-refractivity contribution in [3.05, 3.63) is 84.0 Å². The maximum Gasteiger partial charge on any atom is 0.348 e. The number of hydrogen-bond donors (Lipinski definition) is 0. The smallest absolute Gasteiger partial charge is 0.348 e. The third-order valence-corrected chi connectivity index (χ3v) is 7.48. The number of unbranched alkanes of at least 4 members (excludes halogenated alkanes) is 7. The van der Waals surface area contributed by atoms with Crippen molar-refractivity contribution in [1.29, 1.82) is 0 Å². The van der Waals surface area contributed by atoms with Gasteiger partial charge in [0.15, 0.2) is 11.7 Å². The van der Waals surface area contributed by atoms with E-state index < -0.39 is 17.7 Å². The van der Waals surface area contributed by atoms with Gasteiger partial charge in [-0.3, -0.25) is 9.59 Å². The van der Waals surface area contributed by atoms with Gasteiger partial charge in [-0.15, -0.1) is 0 Å². The molecule has 6 heteroatoms. The van der Waals surface area contributed by atoms with Gasteiger partial charge in [0.1, 0.15) is 5.75 Å². The SMILES string of the molecule is CCCCCCCCOC1(C(=O)Oc2ccc(C(=O)C(C)OC(=O)CCCCC)cc2)C=CC(c2ccccc2)=CC1. The average molecular weight is 575 g/mol. The highest BCUT2D eigenvalue weighted by Crippen LogP contribution is 2.32. The highest BCUT2D eigenvalue weighted by atomic mass is 16.6. The Kier molecular flexibility index (Phi) is 13.7. The van der Waals surface area contributed by atoms with Gasteiger partial charge in [0.05, 0.1) is 0 Å². The second-order valence-electron chi connectivity index (χ2n) is 10.9. The Balaban J connectivity index is 1.63. The molecule has 0 bridgehead atoms. The molecule has 0 fully saturated rings. The van der Waals surface area contributed by atoms with Gasteiger partial charge in [-0.25, -0.2) is 4.79 Å². The number of esters is 2. The third kappa shape index (κ3) is 10.1. The van der Waals surface area contributed by atoms with Gasteiger partial charge in [0.2, 0.25) is 5.78 Å². The number of ketones is 1. The molecule has 0 heterocycles. The predicted octanol–water partition coefficient (Wildman–Crippen LogP) is 8.45. The molecule has 0 radical (unpaired) electrons. The topological polar surface area (TPSA) is 78.9 Å². The minimum atomic E-state index is -1.23. The molecule has 0 spiro atoms. The van der Waals surface area contributed by atoms with Crippen LogP contribution < -0.4 is 4.74 Å². The Bertz CT molecular complexity index is 1200. The number of Topliss-reactive ketones (excluding diaryl/α,β-unsaturated/α-hetero) is 1. The number of hydrogen-bond acceptors (Lipinski definition) is 6. The molecule has 6 nitrogen and oxygen atoms in total. The van der Waals surface area contributed by atoms with Crippen LogP contribution in [0.2, 0.25) is 0 Å². The van der Waals surface area contributed by atoms with E-state index in [1.807, 2.05) is 48.6 Å². The van der Waals surface area contributed by atoms with Crippen molar-refractivity contribution >= 4 is 23.3 Å². The summed E-state index contributed by atoms with van der Waals surface area (Å²) in [6.07, 6.45) is 15.0. The van der Waals surface area contributed by atoms with Crippen LogP contribution in [0.5, 0.6) is 5.75 Å². The summed E-state index contributed by atoms with van der Waals surface area (Å²) in [5, 5.41) is 0. The molecular formula is C36H46O6. The van der Waals surface area contributed by atoms with Crippen molar-refractivity contribution in [1.82, 2.24) is 0 Å². The summed E-state index contributed by atoms with van der Waals surface area (Å²) >= 11 is 0. The van der Waals surface area contributed by atoms with Crippen molar-refractivity contribution in [2.75, 3.05) is 6.61 Å². The lowest BCUT2D eigenvalue weighted by molar-refractivity contribution is -0.156. The van der Waals surface area contributed by atoms with Crippen molar-refractivity contribution in [3.63, 3.8) is 0 Å². The molecule has 2 aromatic carbocycles. The predicted molar refractivity (Wildman–Crippen MR) is 166 cm³/mol. The summed E-state index contributed by atoms with van der Waals surface area (Å²) in [6.45, 7) is 6.30. The van der Waals surface area contributed by atoms with Crippen LogP contribution in [0.25, 0.3) is 5.57 Å². The fraction of sp³-hybridized carbons (Fsp3) is 0.472. The number of allylic oxidation sites excluding steroid dienone is 2. The van der Waals surface area contributed by atoms with Gasteiger partial charge in [-0.2, -0.15) is 0 Å². The first-order chi connectivity index (χ1) is 20.4. The maximum absolute atomic E-state index is 13.5. The molecule has 2 unspecified atom stereocenters. The summed E-state index contributed by atoms with van der Waals surface area (Å²) in [5.74, 6) is -0.855. The molecule has 0 amide bonds. The number of carbonyl (C=O) groups is 3. The van der Waals surface area contributed by atoms with Crippen LogP contribution in [0.15, 0.2) is 72.8 Å². The zero-order valence-electron chi connectivity index (χ0n) is 25.4. The van der Waals surface area contributed by atoms with E-state index in [2.05, 4.69) is 13.8 Å². The molecule has 42 heavy (non-hydrogen) atoms. The molecular weight excluding hydrogens is 528 g/mol.